The monoisotopic (exact) mass is 198 g/mol. The first-order valence-electron chi connectivity index (χ1n) is 2.77. The van der Waals surface area contributed by atoms with E-state index < -0.39 is 28.7 Å². The normalized spacial score (nSPS) is 9.00. The minimum atomic E-state index is -1.70. The molecule has 0 fully saturated rings. The maximum atomic E-state index is 12.5. The van der Waals surface area contributed by atoms with Crippen LogP contribution in [0.4, 0.5) is 4.39 Å². The molecule has 0 bridgehead atoms. The molecule has 13 heavy (non-hydrogen) atoms. The Bertz CT molecular complexity index is 437. The fraction of sp³-hybridized carbons (Fsp3) is 0. The SMILES string of the molecule is O=C(O)c1[nH]c(=O)[nH]c(=O)c1F.[NaH]. The second-order valence-corrected chi connectivity index (χ2v) is 1.90. The Morgan fingerprint density at radius 1 is 1.31 bits per heavy atom. The quantitative estimate of drug-likeness (QED) is 0.465. The zero-order valence-electron chi connectivity index (χ0n) is 5.55. The fourth-order valence-electron chi connectivity index (χ4n) is 0.619. The molecule has 1 aromatic rings. The summed E-state index contributed by atoms with van der Waals surface area (Å²) in [6.07, 6.45) is 0. The second-order valence-electron chi connectivity index (χ2n) is 1.90. The van der Waals surface area contributed by atoms with Crippen molar-refractivity contribution in [2.75, 3.05) is 0 Å². The predicted molar refractivity (Wildman–Crippen MR) is 41.7 cm³/mol. The van der Waals surface area contributed by atoms with Crippen LogP contribution in [-0.2, 0) is 0 Å². The van der Waals surface area contributed by atoms with Crippen molar-refractivity contribution in [3.63, 3.8) is 0 Å². The summed E-state index contributed by atoms with van der Waals surface area (Å²) in [5, 5.41) is 8.25. The van der Waals surface area contributed by atoms with Gasteiger partial charge >= 0.3 is 41.2 Å². The van der Waals surface area contributed by atoms with Gasteiger partial charge in [-0.05, 0) is 0 Å². The van der Waals surface area contributed by atoms with Gasteiger partial charge in [0.25, 0.3) is 5.56 Å². The van der Waals surface area contributed by atoms with Crippen LogP contribution in [0.2, 0.25) is 0 Å². The van der Waals surface area contributed by atoms with Gasteiger partial charge in [-0.1, -0.05) is 0 Å². The van der Waals surface area contributed by atoms with E-state index >= 15 is 0 Å². The molecular formula is C5H4FN2NaO4. The molecule has 0 aliphatic heterocycles. The van der Waals surface area contributed by atoms with E-state index in [0.717, 1.165) is 0 Å². The van der Waals surface area contributed by atoms with Gasteiger partial charge in [-0.2, -0.15) is 4.39 Å². The van der Waals surface area contributed by atoms with Gasteiger partial charge in [0, 0.05) is 0 Å². The van der Waals surface area contributed by atoms with Gasteiger partial charge in [0.05, 0.1) is 0 Å². The van der Waals surface area contributed by atoms with E-state index in [0.29, 0.717) is 0 Å². The Morgan fingerprint density at radius 3 is 2.31 bits per heavy atom. The van der Waals surface area contributed by atoms with Crippen LogP contribution in [0.25, 0.3) is 0 Å². The number of hydrogen-bond donors (Lipinski definition) is 3. The van der Waals surface area contributed by atoms with E-state index in [4.69, 9.17) is 5.11 Å². The van der Waals surface area contributed by atoms with Crippen LogP contribution >= 0.6 is 0 Å². The summed E-state index contributed by atoms with van der Waals surface area (Å²) in [5.74, 6) is -3.21. The van der Waals surface area contributed by atoms with Gasteiger partial charge in [0.15, 0.2) is 5.69 Å². The number of aromatic nitrogens is 2. The van der Waals surface area contributed by atoms with Gasteiger partial charge in [0.2, 0.25) is 5.82 Å². The number of aromatic carboxylic acids is 1. The zero-order valence-corrected chi connectivity index (χ0v) is 5.55. The Kier molecular flexibility index (Phi) is 4.05. The molecule has 0 aliphatic rings. The number of aromatic amines is 2. The molecule has 3 N–H and O–H groups in total. The topological polar surface area (TPSA) is 103 Å². The molecule has 0 spiro atoms. The van der Waals surface area contributed by atoms with E-state index in [9.17, 15) is 18.8 Å². The average molecular weight is 198 g/mol. The Labute approximate surface area is 92.1 Å². The molecule has 0 saturated heterocycles. The molecule has 0 aromatic carbocycles. The van der Waals surface area contributed by atoms with Crippen molar-refractivity contribution in [1.29, 1.82) is 0 Å². The van der Waals surface area contributed by atoms with E-state index in [1.165, 1.54) is 4.98 Å². The Morgan fingerprint density at radius 2 is 1.85 bits per heavy atom. The molecule has 1 heterocycles. The number of rotatable bonds is 1. The third-order valence-corrected chi connectivity index (χ3v) is 1.10. The van der Waals surface area contributed by atoms with Crippen molar-refractivity contribution < 1.29 is 14.3 Å². The van der Waals surface area contributed by atoms with Gasteiger partial charge in [-0.3, -0.25) is 14.8 Å². The van der Waals surface area contributed by atoms with Crippen LogP contribution < -0.4 is 11.2 Å². The first kappa shape index (κ1) is 12.1. The van der Waals surface area contributed by atoms with Crippen LogP contribution in [0.5, 0.6) is 0 Å². The predicted octanol–water partition coefficient (Wildman–Crippen LogP) is -1.75. The van der Waals surface area contributed by atoms with Crippen LogP contribution in [0.1, 0.15) is 10.5 Å². The molecule has 1 aromatic heterocycles. The van der Waals surface area contributed by atoms with Crippen LogP contribution in [0, 0.1) is 5.82 Å². The third kappa shape index (κ3) is 2.51. The van der Waals surface area contributed by atoms with Gasteiger partial charge in [0.1, 0.15) is 0 Å². The van der Waals surface area contributed by atoms with Crippen LogP contribution in [-0.4, -0.2) is 50.6 Å². The summed E-state index contributed by atoms with van der Waals surface area (Å²) in [5.41, 5.74) is -3.45. The molecule has 0 aliphatic carbocycles. The van der Waals surface area contributed by atoms with E-state index in [2.05, 4.69) is 0 Å². The molecule has 1 rings (SSSR count). The minimum absolute atomic E-state index is 0. The van der Waals surface area contributed by atoms with Crippen molar-refractivity contribution >= 4 is 35.5 Å². The average Bonchev–Trinajstić information content (AvgIpc) is 1.96. The zero-order chi connectivity index (χ0) is 9.30. The van der Waals surface area contributed by atoms with Gasteiger partial charge in [-0.25, -0.2) is 9.59 Å². The van der Waals surface area contributed by atoms with Gasteiger partial charge in [-0.15, -0.1) is 0 Å². The molecule has 0 unspecified atom stereocenters. The molecule has 0 atom stereocenters. The summed E-state index contributed by atoms with van der Waals surface area (Å²) in [6, 6.07) is 0. The number of nitrogens with one attached hydrogen (secondary N) is 2. The maximum absolute atomic E-state index is 12.5. The summed E-state index contributed by atoms with van der Waals surface area (Å²) in [7, 11) is 0. The fourth-order valence-corrected chi connectivity index (χ4v) is 0.619. The van der Waals surface area contributed by atoms with E-state index in [1.807, 2.05) is 0 Å². The van der Waals surface area contributed by atoms with Crippen LogP contribution in [0.15, 0.2) is 9.59 Å². The molecule has 0 amide bonds. The molecule has 8 heteroatoms. The van der Waals surface area contributed by atoms with E-state index in [1.54, 1.807) is 4.98 Å². The third-order valence-electron chi connectivity index (χ3n) is 1.10. The number of carboxylic acids is 1. The summed E-state index contributed by atoms with van der Waals surface area (Å²) >= 11 is 0. The van der Waals surface area contributed by atoms with Crippen LogP contribution in [0.3, 0.4) is 0 Å². The Hall–Kier alpha value is -0.920. The molecule has 6 nitrogen and oxygen atoms in total. The summed E-state index contributed by atoms with van der Waals surface area (Å²) < 4.78 is 12.5. The van der Waals surface area contributed by atoms with Crippen molar-refractivity contribution in [3.8, 4) is 0 Å². The molecule has 66 valence electrons. The summed E-state index contributed by atoms with van der Waals surface area (Å²) in [4.78, 5) is 34.2. The number of carboxylic acid groups (broad SMARTS) is 1. The molecule has 0 radical (unpaired) electrons. The molecule has 0 saturated carbocycles. The first-order valence-corrected chi connectivity index (χ1v) is 2.77. The van der Waals surface area contributed by atoms with Crippen molar-refractivity contribution in [2.45, 2.75) is 0 Å². The van der Waals surface area contributed by atoms with Crippen molar-refractivity contribution in [1.82, 2.24) is 9.97 Å². The number of hydrogen-bond acceptors (Lipinski definition) is 3. The van der Waals surface area contributed by atoms with Gasteiger partial charge < -0.3 is 5.11 Å². The summed E-state index contributed by atoms with van der Waals surface area (Å²) in [6.45, 7) is 0. The number of H-pyrrole nitrogens is 2. The first-order chi connectivity index (χ1) is 5.52. The number of carbonyl (C=O) groups is 1. The second kappa shape index (κ2) is 4.35. The Balaban J connectivity index is 0.00000144. The van der Waals surface area contributed by atoms with Crippen molar-refractivity contribution in [3.05, 3.63) is 32.3 Å². The van der Waals surface area contributed by atoms with E-state index in [-0.39, 0.29) is 29.6 Å². The van der Waals surface area contributed by atoms with Crippen molar-refractivity contribution in [2.24, 2.45) is 0 Å². The standard InChI is InChI=1S/C5H3FN2O4.Na.H/c6-1-2(4(10)11)7-5(12)8-3(1)9;;/h(H,10,11)(H2,7,8,9,12);;. The molecular weight excluding hydrogens is 194 g/mol. The number of halogens is 1.